The summed E-state index contributed by atoms with van der Waals surface area (Å²) in [5.41, 5.74) is 2.29. The fourth-order valence-corrected chi connectivity index (χ4v) is 1.97. The van der Waals surface area contributed by atoms with Gasteiger partial charge in [-0.25, -0.2) is 4.79 Å². The summed E-state index contributed by atoms with van der Waals surface area (Å²) in [6.45, 7) is 3.10. The van der Waals surface area contributed by atoms with Crippen molar-refractivity contribution in [3.63, 3.8) is 0 Å². The highest BCUT2D eigenvalue weighted by Gasteiger charge is 2.16. The van der Waals surface area contributed by atoms with Crippen molar-refractivity contribution in [3.05, 3.63) is 29.3 Å². The summed E-state index contributed by atoms with van der Waals surface area (Å²) in [6.07, 6.45) is 2.18. The van der Waals surface area contributed by atoms with Gasteiger partial charge in [0.1, 0.15) is 0 Å². The minimum Gasteiger partial charge on any atom is -0.449 e. The summed E-state index contributed by atoms with van der Waals surface area (Å²) in [5, 5.41) is 5.45. The van der Waals surface area contributed by atoms with Crippen LogP contribution in [0.3, 0.4) is 0 Å². The van der Waals surface area contributed by atoms with E-state index in [1.807, 2.05) is 13.0 Å². The summed E-state index contributed by atoms with van der Waals surface area (Å²) in [7, 11) is 0. The summed E-state index contributed by atoms with van der Waals surface area (Å²) in [6, 6.07) is 5.27. The Morgan fingerprint density at radius 3 is 3.11 bits per heavy atom. The zero-order valence-electron chi connectivity index (χ0n) is 11.0. The average molecular weight is 262 g/mol. The molecule has 0 unspecified atom stereocenters. The van der Waals surface area contributed by atoms with Crippen molar-refractivity contribution in [2.24, 2.45) is 0 Å². The van der Waals surface area contributed by atoms with Gasteiger partial charge in [0.05, 0.1) is 6.61 Å². The molecule has 102 valence electrons. The van der Waals surface area contributed by atoms with Gasteiger partial charge in [-0.3, -0.25) is 10.1 Å². The van der Waals surface area contributed by atoms with E-state index < -0.39 is 6.09 Å². The average Bonchev–Trinajstić information content (AvgIpc) is 2.39. The lowest BCUT2D eigenvalue weighted by molar-refractivity contribution is 0.0946. The molecule has 2 rings (SSSR count). The summed E-state index contributed by atoms with van der Waals surface area (Å²) < 4.78 is 5.02. The van der Waals surface area contributed by atoms with E-state index in [1.54, 1.807) is 12.1 Å². The number of hydrogen-bond donors (Lipinski definition) is 2. The number of fused-ring (bicyclic) bond motifs is 1. The van der Waals surface area contributed by atoms with E-state index in [0.29, 0.717) is 24.4 Å². The van der Waals surface area contributed by atoms with Gasteiger partial charge in [-0.05, 0) is 36.6 Å². The zero-order valence-corrected chi connectivity index (χ0v) is 11.0. The summed E-state index contributed by atoms with van der Waals surface area (Å²) in [5.74, 6) is -0.0571. The molecule has 0 bridgehead atoms. The number of amides is 2. The maximum Gasteiger partial charge on any atom is 0.411 e. The number of nitrogens with one attached hydrogen (secondary N) is 2. The summed E-state index contributed by atoms with van der Waals surface area (Å²) in [4.78, 5) is 23.1. The molecule has 5 nitrogen and oxygen atoms in total. The van der Waals surface area contributed by atoms with Crippen LogP contribution in [0.5, 0.6) is 0 Å². The van der Waals surface area contributed by atoms with E-state index in [0.717, 1.165) is 24.8 Å². The van der Waals surface area contributed by atoms with Crippen molar-refractivity contribution in [3.8, 4) is 0 Å². The molecule has 5 heteroatoms. The van der Waals surface area contributed by atoms with Crippen molar-refractivity contribution >= 4 is 17.7 Å². The van der Waals surface area contributed by atoms with Gasteiger partial charge in [-0.15, -0.1) is 0 Å². The number of benzene rings is 1. The predicted octanol–water partition coefficient (Wildman–Crippen LogP) is 2.32. The third-order valence-corrected chi connectivity index (χ3v) is 3.01. The standard InChI is InChI=1S/C14H18N2O3/c1-2-3-8-19-14(18)16-11-4-5-12-10(9-11)6-7-15-13(12)17/h4-5,9H,2-3,6-8H2,1H3,(H,15,17)(H,16,18). The minimum atomic E-state index is -0.450. The van der Waals surface area contributed by atoms with Gasteiger partial charge in [0.15, 0.2) is 0 Å². The molecule has 1 heterocycles. The Bertz CT molecular complexity index is 486. The molecule has 1 aromatic rings. The van der Waals surface area contributed by atoms with E-state index in [1.165, 1.54) is 0 Å². The molecule has 0 spiro atoms. The Hall–Kier alpha value is -2.04. The van der Waals surface area contributed by atoms with E-state index in [-0.39, 0.29) is 5.91 Å². The first kappa shape index (κ1) is 13.4. The maximum atomic E-state index is 11.6. The van der Waals surface area contributed by atoms with E-state index in [2.05, 4.69) is 10.6 Å². The van der Waals surface area contributed by atoms with Crippen LogP contribution in [0.25, 0.3) is 0 Å². The molecule has 0 aromatic heterocycles. The van der Waals surface area contributed by atoms with Crippen LogP contribution < -0.4 is 10.6 Å². The lowest BCUT2D eigenvalue weighted by Crippen LogP contribution is -2.31. The molecule has 2 N–H and O–H groups in total. The van der Waals surface area contributed by atoms with Crippen LogP contribution >= 0.6 is 0 Å². The second-order valence-corrected chi connectivity index (χ2v) is 4.49. The zero-order chi connectivity index (χ0) is 13.7. The quantitative estimate of drug-likeness (QED) is 0.818. The lowest BCUT2D eigenvalue weighted by Gasteiger charge is -2.17. The van der Waals surface area contributed by atoms with Crippen molar-refractivity contribution in [1.82, 2.24) is 5.32 Å². The molecule has 1 aliphatic rings. The van der Waals surface area contributed by atoms with Crippen LogP contribution in [0.4, 0.5) is 10.5 Å². The van der Waals surface area contributed by atoms with E-state index in [4.69, 9.17) is 4.74 Å². The van der Waals surface area contributed by atoms with Crippen molar-refractivity contribution < 1.29 is 14.3 Å². The number of anilines is 1. The first-order chi connectivity index (χ1) is 9.20. The van der Waals surface area contributed by atoms with Crippen LogP contribution in [0.2, 0.25) is 0 Å². The molecular weight excluding hydrogens is 244 g/mol. The molecule has 0 aliphatic carbocycles. The molecule has 0 saturated heterocycles. The first-order valence-corrected chi connectivity index (χ1v) is 6.55. The molecule has 0 saturated carbocycles. The van der Waals surface area contributed by atoms with Gasteiger partial charge < -0.3 is 10.1 Å². The number of carbonyl (C=O) groups is 2. The number of rotatable bonds is 4. The monoisotopic (exact) mass is 262 g/mol. The third-order valence-electron chi connectivity index (χ3n) is 3.01. The Morgan fingerprint density at radius 1 is 1.47 bits per heavy atom. The van der Waals surface area contributed by atoms with Crippen LogP contribution in [0.1, 0.15) is 35.7 Å². The molecule has 0 atom stereocenters. The van der Waals surface area contributed by atoms with Gasteiger partial charge in [-0.1, -0.05) is 13.3 Å². The molecule has 0 fully saturated rings. The number of ether oxygens (including phenoxy) is 1. The van der Waals surface area contributed by atoms with Crippen LogP contribution in [0.15, 0.2) is 18.2 Å². The second-order valence-electron chi connectivity index (χ2n) is 4.49. The van der Waals surface area contributed by atoms with Crippen molar-refractivity contribution in [2.75, 3.05) is 18.5 Å². The van der Waals surface area contributed by atoms with Gasteiger partial charge in [0.25, 0.3) is 5.91 Å². The Kier molecular flexibility index (Phi) is 4.39. The summed E-state index contributed by atoms with van der Waals surface area (Å²) >= 11 is 0. The highest BCUT2D eigenvalue weighted by Crippen LogP contribution is 2.19. The predicted molar refractivity (Wildman–Crippen MR) is 72.4 cm³/mol. The first-order valence-electron chi connectivity index (χ1n) is 6.55. The van der Waals surface area contributed by atoms with Crippen LogP contribution in [-0.2, 0) is 11.2 Å². The van der Waals surface area contributed by atoms with Gasteiger partial charge in [0, 0.05) is 17.8 Å². The lowest BCUT2D eigenvalue weighted by atomic mass is 10.00. The highest BCUT2D eigenvalue weighted by atomic mass is 16.5. The number of unbranched alkanes of at least 4 members (excludes halogenated alkanes) is 1. The minimum absolute atomic E-state index is 0.0571. The largest absolute Gasteiger partial charge is 0.449 e. The SMILES string of the molecule is CCCCOC(=O)Nc1ccc2c(c1)CCNC2=O. The van der Waals surface area contributed by atoms with Crippen molar-refractivity contribution in [2.45, 2.75) is 26.2 Å². The Balaban J connectivity index is 1.98. The van der Waals surface area contributed by atoms with Crippen molar-refractivity contribution in [1.29, 1.82) is 0 Å². The number of hydrogen-bond acceptors (Lipinski definition) is 3. The molecule has 2 amide bonds. The van der Waals surface area contributed by atoms with Gasteiger partial charge in [0.2, 0.25) is 0 Å². The van der Waals surface area contributed by atoms with Crippen LogP contribution in [0, 0.1) is 0 Å². The van der Waals surface area contributed by atoms with Gasteiger partial charge in [-0.2, -0.15) is 0 Å². The van der Waals surface area contributed by atoms with Crippen LogP contribution in [-0.4, -0.2) is 25.2 Å². The molecular formula is C14H18N2O3. The molecule has 19 heavy (non-hydrogen) atoms. The topological polar surface area (TPSA) is 67.4 Å². The highest BCUT2D eigenvalue weighted by molar-refractivity contribution is 5.97. The maximum absolute atomic E-state index is 11.6. The van der Waals surface area contributed by atoms with E-state index >= 15 is 0 Å². The van der Waals surface area contributed by atoms with Gasteiger partial charge >= 0.3 is 6.09 Å². The molecule has 1 aliphatic heterocycles. The third kappa shape index (κ3) is 3.47. The molecule has 1 aromatic carbocycles. The normalized spacial score (nSPS) is 13.4. The fraction of sp³-hybridized carbons (Fsp3) is 0.429. The fourth-order valence-electron chi connectivity index (χ4n) is 1.97. The number of carbonyl (C=O) groups excluding carboxylic acids is 2. The Labute approximate surface area is 112 Å². The molecule has 0 radical (unpaired) electrons. The Morgan fingerprint density at radius 2 is 2.32 bits per heavy atom. The van der Waals surface area contributed by atoms with E-state index in [9.17, 15) is 9.59 Å². The second kappa shape index (κ2) is 6.22. The smallest absolute Gasteiger partial charge is 0.411 e.